The molecule has 0 amide bonds. The van der Waals surface area contributed by atoms with E-state index in [9.17, 15) is 9.18 Å². The van der Waals surface area contributed by atoms with Gasteiger partial charge in [-0.3, -0.25) is 0 Å². The van der Waals surface area contributed by atoms with Crippen LogP contribution in [0.2, 0.25) is 0 Å². The Morgan fingerprint density at radius 2 is 2.10 bits per heavy atom. The molecular formula is C16H15FO3. The summed E-state index contributed by atoms with van der Waals surface area (Å²) < 4.78 is 24.5. The third-order valence-corrected chi connectivity index (χ3v) is 2.83. The van der Waals surface area contributed by atoms with Crippen LogP contribution in [0.3, 0.4) is 0 Å². The van der Waals surface area contributed by atoms with Crippen LogP contribution < -0.4 is 10.4 Å². The van der Waals surface area contributed by atoms with E-state index in [1.807, 2.05) is 0 Å². The number of allylic oxidation sites excluding steroid dienone is 1. The molecule has 0 radical (unpaired) electrons. The molecule has 0 fully saturated rings. The molecule has 0 aliphatic heterocycles. The highest BCUT2D eigenvalue weighted by Gasteiger charge is 2.14. The molecule has 0 aliphatic carbocycles. The molecule has 104 valence electrons. The van der Waals surface area contributed by atoms with E-state index in [0.717, 1.165) is 0 Å². The zero-order valence-electron chi connectivity index (χ0n) is 11.0. The first kappa shape index (κ1) is 14.1. The van der Waals surface area contributed by atoms with Crippen LogP contribution in [0.15, 0.2) is 52.7 Å². The highest BCUT2D eigenvalue weighted by atomic mass is 19.1. The van der Waals surface area contributed by atoms with Crippen LogP contribution in [-0.2, 0) is 6.42 Å². The molecule has 0 aliphatic rings. The number of fused-ring (bicyclic) bond motifs is 1. The van der Waals surface area contributed by atoms with Gasteiger partial charge >= 0.3 is 5.63 Å². The number of rotatable bonds is 6. The first-order valence-electron chi connectivity index (χ1n) is 6.27. The minimum absolute atomic E-state index is 0.0172. The fourth-order valence-corrected chi connectivity index (χ4v) is 1.90. The number of benzene rings is 1. The predicted molar refractivity (Wildman–Crippen MR) is 76.7 cm³/mol. The van der Waals surface area contributed by atoms with Crippen molar-refractivity contribution in [3.63, 3.8) is 0 Å². The van der Waals surface area contributed by atoms with E-state index in [0.29, 0.717) is 24.0 Å². The Morgan fingerprint density at radius 1 is 1.30 bits per heavy atom. The molecule has 4 heteroatoms. The summed E-state index contributed by atoms with van der Waals surface area (Å²) in [6.45, 7) is 7.27. The van der Waals surface area contributed by atoms with Gasteiger partial charge in [-0.25, -0.2) is 9.18 Å². The van der Waals surface area contributed by atoms with Crippen molar-refractivity contribution in [3.8, 4) is 5.75 Å². The number of hydrogen-bond donors (Lipinski definition) is 0. The van der Waals surface area contributed by atoms with Crippen LogP contribution in [0, 0.1) is 5.82 Å². The Hall–Kier alpha value is -2.36. The van der Waals surface area contributed by atoms with E-state index in [1.54, 1.807) is 18.2 Å². The zero-order valence-corrected chi connectivity index (χ0v) is 11.0. The lowest BCUT2D eigenvalue weighted by Gasteiger charge is -2.07. The molecule has 0 saturated carbocycles. The van der Waals surface area contributed by atoms with Gasteiger partial charge in [0.05, 0.1) is 0 Å². The lowest BCUT2D eigenvalue weighted by molar-refractivity contribution is 0.343. The Bertz CT molecular complexity index is 701. The molecule has 1 aromatic heterocycles. The molecular weight excluding hydrogens is 259 g/mol. The highest BCUT2D eigenvalue weighted by Crippen LogP contribution is 2.25. The standard InChI is InChI=1S/C16H15FO3/c1-3-5-6-12-10-11-7-8-13(19-9-4-2)15(17)14(11)16(18)20-12/h3-4,7-8,10H,1-2,5-6,9H2. The monoisotopic (exact) mass is 274 g/mol. The van der Waals surface area contributed by atoms with Crippen LogP contribution in [-0.4, -0.2) is 6.61 Å². The van der Waals surface area contributed by atoms with Gasteiger partial charge in [0.15, 0.2) is 11.6 Å². The fourth-order valence-electron chi connectivity index (χ4n) is 1.90. The van der Waals surface area contributed by atoms with Crippen molar-refractivity contribution in [1.82, 2.24) is 0 Å². The quantitative estimate of drug-likeness (QED) is 0.755. The van der Waals surface area contributed by atoms with Crippen molar-refractivity contribution < 1.29 is 13.5 Å². The fraction of sp³-hybridized carbons (Fsp3) is 0.188. The molecule has 2 aromatic rings. The van der Waals surface area contributed by atoms with Gasteiger partial charge in [0.2, 0.25) is 0 Å². The van der Waals surface area contributed by atoms with Gasteiger partial charge in [0.1, 0.15) is 17.8 Å². The number of ether oxygens (including phenoxy) is 1. The smallest absolute Gasteiger partial charge is 0.346 e. The van der Waals surface area contributed by atoms with E-state index in [2.05, 4.69) is 13.2 Å². The molecule has 0 atom stereocenters. The number of halogens is 1. The van der Waals surface area contributed by atoms with Gasteiger partial charge in [-0.15, -0.1) is 6.58 Å². The lowest BCUT2D eigenvalue weighted by Crippen LogP contribution is -2.06. The van der Waals surface area contributed by atoms with Gasteiger partial charge in [0, 0.05) is 6.42 Å². The van der Waals surface area contributed by atoms with Gasteiger partial charge in [0.25, 0.3) is 0 Å². The van der Waals surface area contributed by atoms with Gasteiger partial charge in [-0.1, -0.05) is 24.8 Å². The molecule has 0 unspecified atom stereocenters. The van der Waals surface area contributed by atoms with Crippen LogP contribution in [0.4, 0.5) is 4.39 Å². The van der Waals surface area contributed by atoms with Crippen molar-refractivity contribution >= 4 is 10.8 Å². The second kappa shape index (κ2) is 6.19. The van der Waals surface area contributed by atoms with Crippen LogP contribution in [0.25, 0.3) is 10.8 Å². The maximum absolute atomic E-state index is 14.2. The Kier molecular flexibility index (Phi) is 4.35. The van der Waals surface area contributed by atoms with Crippen molar-refractivity contribution in [2.24, 2.45) is 0 Å². The van der Waals surface area contributed by atoms with Crippen LogP contribution in [0.5, 0.6) is 5.75 Å². The summed E-state index contributed by atoms with van der Waals surface area (Å²) in [4.78, 5) is 11.9. The Morgan fingerprint density at radius 3 is 2.80 bits per heavy atom. The van der Waals surface area contributed by atoms with E-state index in [-0.39, 0.29) is 17.7 Å². The molecule has 1 aromatic carbocycles. The predicted octanol–water partition coefficient (Wildman–Crippen LogP) is 3.62. The summed E-state index contributed by atoms with van der Waals surface area (Å²) in [5.41, 5.74) is -0.692. The van der Waals surface area contributed by atoms with E-state index < -0.39 is 11.4 Å². The summed E-state index contributed by atoms with van der Waals surface area (Å²) in [6, 6.07) is 4.81. The lowest BCUT2D eigenvalue weighted by atomic mass is 10.1. The number of hydrogen-bond acceptors (Lipinski definition) is 3. The normalized spacial score (nSPS) is 10.4. The van der Waals surface area contributed by atoms with Gasteiger partial charge in [-0.2, -0.15) is 0 Å². The summed E-state index contributed by atoms with van der Waals surface area (Å²) in [5, 5.41) is 0.415. The topological polar surface area (TPSA) is 39.4 Å². The van der Waals surface area contributed by atoms with E-state index in [4.69, 9.17) is 9.15 Å². The van der Waals surface area contributed by atoms with Crippen molar-refractivity contribution in [1.29, 1.82) is 0 Å². The third-order valence-electron chi connectivity index (χ3n) is 2.83. The van der Waals surface area contributed by atoms with Crippen molar-refractivity contribution in [2.45, 2.75) is 12.8 Å². The van der Waals surface area contributed by atoms with Crippen molar-refractivity contribution in [2.75, 3.05) is 6.61 Å². The molecule has 2 rings (SSSR count). The summed E-state index contributed by atoms with van der Waals surface area (Å²) in [7, 11) is 0. The first-order chi connectivity index (χ1) is 9.67. The molecule has 20 heavy (non-hydrogen) atoms. The van der Waals surface area contributed by atoms with Crippen LogP contribution in [0.1, 0.15) is 12.2 Å². The number of aryl methyl sites for hydroxylation is 1. The minimum atomic E-state index is -0.701. The maximum Gasteiger partial charge on any atom is 0.346 e. The average Bonchev–Trinajstić information content (AvgIpc) is 2.44. The van der Waals surface area contributed by atoms with E-state index in [1.165, 1.54) is 12.1 Å². The van der Waals surface area contributed by atoms with Gasteiger partial charge in [-0.05, 0) is 23.9 Å². The zero-order chi connectivity index (χ0) is 14.5. The third kappa shape index (κ3) is 2.79. The largest absolute Gasteiger partial charge is 0.486 e. The molecule has 0 spiro atoms. The highest BCUT2D eigenvalue weighted by molar-refractivity contribution is 5.83. The average molecular weight is 274 g/mol. The molecule has 3 nitrogen and oxygen atoms in total. The van der Waals surface area contributed by atoms with Crippen molar-refractivity contribution in [3.05, 3.63) is 65.5 Å². The summed E-state index contributed by atoms with van der Waals surface area (Å²) in [6.07, 6.45) is 4.49. The SMILES string of the molecule is C=CCCc1cc2ccc(OCC=C)c(F)c2c(=O)o1. The maximum atomic E-state index is 14.2. The first-order valence-corrected chi connectivity index (χ1v) is 6.27. The summed E-state index contributed by atoms with van der Waals surface area (Å²) in [5.74, 6) is -0.168. The Labute approximate surface area is 116 Å². The Balaban J connectivity index is 2.50. The van der Waals surface area contributed by atoms with Gasteiger partial charge < -0.3 is 9.15 Å². The van der Waals surface area contributed by atoms with E-state index >= 15 is 0 Å². The second-order valence-electron chi connectivity index (χ2n) is 4.27. The molecule has 0 N–H and O–H groups in total. The molecule has 0 bridgehead atoms. The van der Waals surface area contributed by atoms with Crippen LogP contribution >= 0.6 is 0 Å². The minimum Gasteiger partial charge on any atom is -0.486 e. The molecule has 0 saturated heterocycles. The summed E-state index contributed by atoms with van der Waals surface area (Å²) >= 11 is 0. The molecule has 1 heterocycles. The second-order valence-corrected chi connectivity index (χ2v) is 4.27.